The van der Waals surface area contributed by atoms with Gasteiger partial charge >= 0.3 is 6.03 Å². The molecule has 2 aromatic rings. The first-order chi connectivity index (χ1) is 11.7. The van der Waals surface area contributed by atoms with Crippen LogP contribution in [0.25, 0.3) is 0 Å². The first-order valence-corrected chi connectivity index (χ1v) is 9.46. The highest BCUT2D eigenvalue weighted by molar-refractivity contribution is 7.15. The highest BCUT2D eigenvalue weighted by Gasteiger charge is 2.08. The summed E-state index contributed by atoms with van der Waals surface area (Å²) < 4.78 is 0. The van der Waals surface area contributed by atoms with Crippen molar-refractivity contribution in [1.29, 1.82) is 0 Å². The van der Waals surface area contributed by atoms with E-state index in [2.05, 4.69) is 27.8 Å². The molecule has 24 heavy (non-hydrogen) atoms. The monoisotopic (exact) mass is 346 g/mol. The third-order valence-electron chi connectivity index (χ3n) is 3.71. The van der Waals surface area contributed by atoms with Crippen molar-refractivity contribution in [2.24, 2.45) is 0 Å². The van der Waals surface area contributed by atoms with Crippen LogP contribution in [0.1, 0.15) is 56.0 Å². The van der Waals surface area contributed by atoms with Crippen LogP contribution in [0, 0.1) is 6.92 Å². The molecule has 2 amide bonds. The number of amides is 2. The van der Waals surface area contributed by atoms with Crippen LogP contribution in [0.5, 0.6) is 0 Å². The molecule has 5 nitrogen and oxygen atoms in total. The fraction of sp³-hybridized carbons (Fsp3) is 0.500. The lowest BCUT2D eigenvalue weighted by Gasteiger charge is -2.05. The summed E-state index contributed by atoms with van der Waals surface area (Å²) in [7, 11) is 0. The molecule has 0 bridgehead atoms. The molecule has 0 radical (unpaired) electrons. The van der Waals surface area contributed by atoms with Crippen LogP contribution in [0.2, 0.25) is 0 Å². The van der Waals surface area contributed by atoms with E-state index >= 15 is 0 Å². The first kappa shape index (κ1) is 18.4. The van der Waals surface area contributed by atoms with E-state index in [4.69, 9.17) is 0 Å². The molecule has 0 aliphatic carbocycles. The van der Waals surface area contributed by atoms with Crippen LogP contribution < -0.4 is 10.6 Å². The van der Waals surface area contributed by atoms with Gasteiger partial charge < -0.3 is 5.32 Å². The van der Waals surface area contributed by atoms with Gasteiger partial charge in [0, 0.05) is 12.1 Å². The Kier molecular flexibility index (Phi) is 7.68. The van der Waals surface area contributed by atoms with Gasteiger partial charge in [0.2, 0.25) is 5.13 Å². The number of urea groups is 1. The van der Waals surface area contributed by atoms with E-state index in [-0.39, 0.29) is 6.03 Å². The van der Waals surface area contributed by atoms with E-state index in [1.165, 1.54) is 43.4 Å². The maximum atomic E-state index is 12.0. The Balaban J connectivity index is 1.71. The average Bonchev–Trinajstić information content (AvgIpc) is 2.98. The molecule has 1 aromatic carbocycles. The lowest BCUT2D eigenvalue weighted by atomic mass is 10.1. The number of aryl methyl sites for hydroxylation is 2. The minimum atomic E-state index is -0.289. The fourth-order valence-corrected chi connectivity index (χ4v) is 3.22. The Morgan fingerprint density at radius 2 is 1.88 bits per heavy atom. The molecule has 0 saturated carbocycles. The number of hydrogen-bond acceptors (Lipinski definition) is 4. The van der Waals surface area contributed by atoms with Crippen LogP contribution in [0.15, 0.2) is 24.3 Å². The normalized spacial score (nSPS) is 10.6. The van der Waals surface area contributed by atoms with Crippen molar-refractivity contribution in [1.82, 2.24) is 10.2 Å². The SMILES string of the molecule is CCCCCCCCc1nnc(NC(=O)Nc2cccc(C)c2)s1. The number of benzene rings is 1. The Labute approximate surface area is 147 Å². The van der Waals surface area contributed by atoms with Crippen molar-refractivity contribution >= 4 is 28.2 Å². The Hall–Kier alpha value is -1.95. The molecule has 6 heteroatoms. The topological polar surface area (TPSA) is 66.9 Å². The van der Waals surface area contributed by atoms with Crippen molar-refractivity contribution < 1.29 is 4.79 Å². The molecule has 0 unspecified atom stereocenters. The summed E-state index contributed by atoms with van der Waals surface area (Å²) in [6.07, 6.45) is 8.50. The van der Waals surface area contributed by atoms with Crippen LogP contribution in [0.3, 0.4) is 0 Å². The molecule has 2 rings (SSSR count). The first-order valence-electron chi connectivity index (χ1n) is 8.64. The van der Waals surface area contributed by atoms with E-state index in [0.717, 1.165) is 29.1 Å². The summed E-state index contributed by atoms with van der Waals surface area (Å²) >= 11 is 1.45. The summed E-state index contributed by atoms with van der Waals surface area (Å²) in [5.41, 5.74) is 1.87. The smallest absolute Gasteiger partial charge is 0.308 e. The molecule has 0 aliphatic rings. The second-order valence-electron chi connectivity index (χ2n) is 5.97. The number of unbranched alkanes of at least 4 members (excludes halogenated alkanes) is 5. The van der Waals surface area contributed by atoms with Gasteiger partial charge in [0.15, 0.2) is 0 Å². The maximum absolute atomic E-state index is 12.0. The Morgan fingerprint density at radius 1 is 1.08 bits per heavy atom. The van der Waals surface area contributed by atoms with Gasteiger partial charge in [-0.2, -0.15) is 0 Å². The molecule has 0 atom stereocenters. The van der Waals surface area contributed by atoms with Crippen molar-refractivity contribution in [3.05, 3.63) is 34.8 Å². The Bertz CT molecular complexity index is 641. The maximum Gasteiger partial charge on any atom is 0.325 e. The van der Waals surface area contributed by atoms with Crippen LogP contribution in [0.4, 0.5) is 15.6 Å². The van der Waals surface area contributed by atoms with Crippen molar-refractivity contribution in [3.8, 4) is 0 Å². The number of nitrogens with zero attached hydrogens (tertiary/aromatic N) is 2. The number of hydrogen-bond donors (Lipinski definition) is 2. The number of aromatic nitrogens is 2. The number of rotatable bonds is 9. The molecular weight excluding hydrogens is 320 g/mol. The Morgan fingerprint density at radius 3 is 2.67 bits per heavy atom. The van der Waals surface area contributed by atoms with E-state index in [1.54, 1.807) is 0 Å². The van der Waals surface area contributed by atoms with Gasteiger partial charge in [-0.25, -0.2) is 4.79 Å². The van der Waals surface area contributed by atoms with Gasteiger partial charge in [0.05, 0.1) is 0 Å². The standard InChI is InChI=1S/C18H26N4OS/c1-3-4-5-6-7-8-12-16-21-22-18(24-16)20-17(23)19-15-11-9-10-14(2)13-15/h9-11,13H,3-8,12H2,1-2H3,(H2,19,20,22,23). The largest absolute Gasteiger partial charge is 0.325 e. The summed E-state index contributed by atoms with van der Waals surface area (Å²) in [4.78, 5) is 12.0. The molecule has 0 saturated heterocycles. The van der Waals surface area contributed by atoms with Gasteiger partial charge in [0.1, 0.15) is 5.01 Å². The molecular formula is C18H26N4OS. The quantitative estimate of drug-likeness (QED) is 0.598. The van der Waals surface area contributed by atoms with E-state index in [0.29, 0.717) is 5.13 Å². The minimum absolute atomic E-state index is 0.289. The van der Waals surface area contributed by atoms with Gasteiger partial charge in [0.25, 0.3) is 0 Å². The van der Waals surface area contributed by atoms with Gasteiger partial charge in [-0.1, -0.05) is 62.5 Å². The molecule has 0 fully saturated rings. The minimum Gasteiger partial charge on any atom is -0.308 e. The zero-order valence-corrected chi connectivity index (χ0v) is 15.3. The highest BCUT2D eigenvalue weighted by Crippen LogP contribution is 2.18. The molecule has 2 N–H and O–H groups in total. The summed E-state index contributed by atoms with van der Waals surface area (Å²) in [5.74, 6) is 0. The second-order valence-corrected chi connectivity index (χ2v) is 7.03. The van der Waals surface area contributed by atoms with Crippen molar-refractivity contribution in [2.45, 2.75) is 58.8 Å². The van der Waals surface area contributed by atoms with Gasteiger partial charge in [-0.15, -0.1) is 10.2 Å². The van der Waals surface area contributed by atoms with Crippen molar-refractivity contribution in [2.75, 3.05) is 10.6 Å². The van der Waals surface area contributed by atoms with Crippen LogP contribution in [-0.2, 0) is 6.42 Å². The molecule has 0 spiro atoms. The third-order valence-corrected chi connectivity index (χ3v) is 4.61. The second kappa shape index (κ2) is 10.0. The van der Waals surface area contributed by atoms with Gasteiger partial charge in [-0.3, -0.25) is 5.32 Å². The fourth-order valence-electron chi connectivity index (χ4n) is 2.44. The lowest BCUT2D eigenvalue weighted by molar-refractivity contribution is 0.262. The van der Waals surface area contributed by atoms with E-state index < -0.39 is 0 Å². The number of anilines is 2. The van der Waals surface area contributed by atoms with Crippen LogP contribution in [-0.4, -0.2) is 16.2 Å². The highest BCUT2D eigenvalue weighted by atomic mass is 32.1. The number of carbonyl (C=O) groups is 1. The average molecular weight is 347 g/mol. The van der Waals surface area contributed by atoms with Crippen molar-refractivity contribution in [3.63, 3.8) is 0 Å². The summed E-state index contributed by atoms with van der Waals surface area (Å²) in [6, 6.07) is 7.39. The number of nitrogens with one attached hydrogen (secondary N) is 2. The number of carbonyl (C=O) groups excluding carboxylic acids is 1. The molecule has 0 aliphatic heterocycles. The van der Waals surface area contributed by atoms with E-state index in [1.807, 2.05) is 31.2 Å². The lowest BCUT2D eigenvalue weighted by Crippen LogP contribution is -2.19. The zero-order chi connectivity index (χ0) is 17.2. The summed E-state index contributed by atoms with van der Waals surface area (Å²) in [6.45, 7) is 4.22. The van der Waals surface area contributed by atoms with E-state index in [9.17, 15) is 4.79 Å². The van der Waals surface area contributed by atoms with Gasteiger partial charge in [-0.05, 0) is 31.0 Å². The summed E-state index contributed by atoms with van der Waals surface area (Å²) in [5, 5.41) is 15.3. The predicted molar refractivity (Wildman–Crippen MR) is 101 cm³/mol. The van der Waals surface area contributed by atoms with Crippen LogP contribution >= 0.6 is 11.3 Å². The third kappa shape index (κ3) is 6.66. The zero-order valence-electron chi connectivity index (χ0n) is 14.5. The predicted octanol–water partition coefficient (Wildman–Crippen LogP) is 5.39. The molecule has 1 heterocycles. The molecule has 130 valence electrons. The molecule has 1 aromatic heterocycles.